The summed E-state index contributed by atoms with van der Waals surface area (Å²) in [6.45, 7) is 1.42. The van der Waals surface area contributed by atoms with E-state index in [2.05, 4.69) is 165 Å². The molecule has 3 aliphatic heterocycles. The van der Waals surface area contributed by atoms with Crippen LogP contribution in [0.25, 0.3) is 0 Å². The van der Waals surface area contributed by atoms with Crippen LogP contribution in [0.3, 0.4) is 0 Å². The van der Waals surface area contributed by atoms with Crippen LogP contribution < -0.4 is 5.32 Å². The summed E-state index contributed by atoms with van der Waals surface area (Å²) in [5.41, 5.74) is 0. The molecule has 0 aromatic heterocycles. The third kappa shape index (κ3) is 32.5. The Morgan fingerprint density at radius 1 is 0.416 bits per heavy atom. The molecular weight excluding hydrogens is 1140 g/mol. The first-order chi connectivity index (χ1) is 43.3. The van der Waals surface area contributed by atoms with Crippen LogP contribution >= 0.6 is 0 Å². The zero-order chi connectivity index (χ0) is 64.7. The maximum Gasteiger partial charge on any atom is 0.220 e. The second-order valence-corrected chi connectivity index (χ2v) is 22.1. The lowest BCUT2D eigenvalue weighted by Crippen LogP contribution is -2.66. The minimum absolute atomic E-state index is 0.164. The lowest BCUT2D eigenvalue weighted by Gasteiger charge is -2.48. The highest BCUT2D eigenvalue weighted by molar-refractivity contribution is 5.76. The molecular formula is C70H109NO18. The highest BCUT2D eigenvalue weighted by Crippen LogP contribution is 2.33. The Labute approximate surface area is 529 Å². The molecule has 0 aromatic carbocycles. The molecule has 12 N–H and O–H groups in total. The van der Waals surface area contributed by atoms with Crippen LogP contribution in [-0.4, -0.2) is 193 Å². The van der Waals surface area contributed by atoms with E-state index in [1.165, 1.54) is 0 Å². The highest BCUT2D eigenvalue weighted by atomic mass is 16.8. The van der Waals surface area contributed by atoms with Crippen LogP contribution in [0.1, 0.15) is 142 Å². The number of unbranched alkanes of at least 4 members (excludes halogenated alkanes) is 5. The molecule has 3 rings (SSSR count). The fourth-order valence-electron chi connectivity index (χ4n) is 9.55. The number of amides is 1. The molecule has 19 heteroatoms. The summed E-state index contributed by atoms with van der Waals surface area (Å²) in [6, 6.07) is -1.03. The Kier molecular flexibility index (Phi) is 44.2. The third-order valence-electron chi connectivity index (χ3n) is 14.8. The van der Waals surface area contributed by atoms with E-state index in [1.54, 1.807) is 12.2 Å². The number of carbonyl (C=O) groups excluding carboxylic acids is 1. The maximum absolute atomic E-state index is 13.3. The topological polar surface area (TPSA) is 307 Å². The summed E-state index contributed by atoms with van der Waals surface area (Å²) >= 11 is 0. The van der Waals surface area contributed by atoms with E-state index in [1.807, 2.05) is 0 Å². The molecule has 0 saturated carbocycles. The minimum atomic E-state index is -1.99. The molecule has 0 aliphatic carbocycles. The van der Waals surface area contributed by atoms with Gasteiger partial charge in [0.25, 0.3) is 0 Å². The average Bonchev–Trinajstić information content (AvgIpc) is 1.33. The number of ether oxygens (including phenoxy) is 6. The fourth-order valence-corrected chi connectivity index (χ4v) is 9.55. The molecule has 1 amide bonds. The van der Waals surface area contributed by atoms with Gasteiger partial charge in [0.2, 0.25) is 5.91 Å². The van der Waals surface area contributed by atoms with Gasteiger partial charge in [-0.05, 0) is 116 Å². The van der Waals surface area contributed by atoms with E-state index >= 15 is 0 Å². The summed E-state index contributed by atoms with van der Waals surface area (Å²) < 4.78 is 34.2. The van der Waals surface area contributed by atoms with Gasteiger partial charge in [0.05, 0.1) is 38.6 Å². The first-order valence-electron chi connectivity index (χ1n) is 32.2. The molecule has 19 nitrogen and oxygen atoms in total. The number of nitrogens with one attached hydrogen (secondary N) is 1. The van der Waals surface area contributed by atoms with Crippen molar-refractivity contribution in [1.82, 2.24) is 5.32 Å². The van der Waals surface area contributed by atoms with Crippen LogP contribution in [0.15, 0.2) is 158 Å². The van der Waals surface area contributed by atoms with Crippen LogP contribution in [0.4, 0.5) is 0 Å². The van der Waals surface area contributed by atoms with E-state index in [0.717, 1.165) is 109 Å². The predicted molar refractivity (Wildman–Crippen MR) is 345 cm³/mol. The van der Waals surface area contributed by atoms with Gasteiger partial charge in [-0.2, -0.15) is 0 Å². The molecule has 0 aromatic rings. The maximum atomic E-state index is 13.3. The average molecular weight is 1250 g/mol. The normalized spacial score (nSPS) is 29.3. The van der Waals surface area contributed by atoms with Crippen molar-refractivity contribution in [3.8, 4) is 0 Å². The zero-order valence-electron chi connectivity index (χ0n) is 52.6. The van der Waals surface area contributed by atoms with E-state index in [9.17, 15) is 61.0 Å². The lowest BCUT2D eigenvalue weighted by molar-refractivity contribution is -0.379. The van der Waals surface area contributed by atoms with Gasteiger partial charge in [-0.25, -0.2) is 0 Å². The van der Waals surface area contributed by atoms with Crippen molar-refractivity contribution in [3.63, 3.8) is 0 Å². The number of carbonyl (C=O) groups is 1. The Morgan fingerprint density at radius 2 is 0.775 bits per heavy atom. The van der Waals surface area contributed by atoms with Crippen LogP contribution in [0, 0.1) is 0 Å². The van der Waals surface area contributed by atoms with Crippen LogP contribution in [-0.2, 0) is 33.2 Å². The Hall–Kier alpha value is -4.59. The number of allylic oxidation sites excluding steroid dienone is 25. The smallest absolute Gasteiger partial charge is 0.220 e. The van der Waals surface area contributed by atoms with Crippen LogP contribution in [0.5, 0.6) is 0 Å². The van der Waals surface area contributed by atoms with Crippen LogP contribution in [0.2, 0.25) is 0 Å². The van der Waals surface area contributed by atoms with E-state index in [0.29, 0.717) is 12.8 Å². The Balaban J connectivity index is 1.42. The van der Waals surface area contributed by atoms with Crippen molar-refractivity contribution in [2.75, 3.05) is 26.4 Å². The molecule has 502 valence electrons. The first-order valence-corrected chi connectivity index (χ1v) is 32.2. The summed E-state index contributed by atoms with van der Waals surface area (Å²) in [6.07, 6.45) is 45.3. The molecule has 0 radical (unpaired) electrons. The van der Waals surface area contributed by atoms with Gasteiger partial charge in [-0.1, -0.05) is 178 Å². The summed E-state index contributed by atoms with van der Waals surface area (Å²) in [4.78, 5) is 13.3. The van der Waals surface area contributed by atoms with Gasteiger partial charge in [-0.15, -0.1) is 0 Å². The molecule has 89 heavy (non-hydrogen) atoms. The monoisotopic (exact) mass is 1250 g/mol. The van der Waals surface area contributed by atoms with Gasteiger partial charge in [0.1, 0.15) is 73.2 Å². The second-order valence-electron chi connectivity index (χ2n) is 22.1. The predicted octanol–water partition coefficient (Wildman–Crippen LogP) is 7.37. The molecule has 3 heterocycles. The molecule has 17 atom stereocenters. The van der Waals surface area contributed by atoms with Gasteiger partial charge in [0.15, 0.2) is 18.9 Å². The van der Waals surface area contributed by atoms with Crippen molar-refractivity contribution in [3.05, 3.63) is 158 Å². The minimum Gasteiger partial charge on any atom is -0.394 e. The Bertz CT molecular complexity index is 2230. The second kappa shape index (κ2) is 50.0. The van der Waals surface area contributed by atoms with E-state index in [-0.39, 0.29) is 12.3 Å². The zero-order valence-corrected chi connectivity index (χ0v) is 52.6. The van der Waals surface area contributed by atoms with Crippen molar-refractivity contribution < 1.29 is 89.4 Å². The van der Waals surface area contributed by atoms with Crippen molar-refractivity contribution in [2.24, 2.45) is 0 Å². The highest BCUT2D eigenvalue weighted by Gasteiger charge is 2.53. The number of aliphatic hydroxyl groups is 11. The number of hydrogen-bond acceptors (Lipinski definition) is 18. The standard InChI is InChI=1S/C70H109NO18/c1-3-5-7-9-11-13-15-16-17-18-19-20-21-22-23-24-25-26-27-28-29-30-31-32-33-34-35-36-38-40-42-44-46-48-58(76)71-53(54(75)47-45-43-41-39-37-14-12-10-8-6-4-2)52-84-68-64(82)61(79)66(56(50-73)86-68)89-70-65(83)62(80)67(57(51-74)87-70)88-69-63(81)60(78)59(77)55(49-72)85-69/h5,7-8,10-11,13,16-17,19-20,22-23,25-26,28-29,31-32,34-35,37-40,45,47,53-57,59-70,72-75,77-83H,3-4,6,9,12,14-15,18,21,24,27,30,33,36,41-44,46,48-52H2,1-2H3,(H,71,76)/b7-5-,10-8+,13-11-,17-16-,20-19-,23-22-,26-25-,29-28-,32-31-,35-34-,39-37+,40-38-,47-45+. The van der Waals surface area contributed by atoms with Gasteiger partial charge >= 0.3 is 0 Å². The largest absolute Gasteiger partial charge is 0.394 e. The summed E-state index contributed by atoms with van der Waals surface area (Å²) in [5, 5.41) is 120. The van der Waals surface area contributed by atoms with E-state index in [4.69, 9.17) is 28.4 Å². The number of aliphatic hydroxyl groups excluding tert-OH is 11. The molecule has 3 fully saturated rings. The molecule has 3 saturated heterocycles. The SMILES string of the molecule is CC/C=C\C/C=C\C/C=C\C/C=C\C/C=C\C/C=C\C/C=C\C/C=C\C/C=C\C/C=C\CCCCC(=O)NC(COC1OC(CO)C(OC2OC(CO)C(OC3OC(CO)C(O)C(O)C3O)C(O)C2O)C(O)C1O)C(O)/C=C/CC/C=C/CC/C=C/CCC. The number of hydrogen-bond donors (Lipinski definition) is 12. The molecule has 3 aliphatic rings. The van der Waals surface area contributed by atoms with Crippen molar-refractivity contribution in [1.29, 1.82) is 0 Å². The molecule has 17 unspecified atom stereocenters. The fraction of sp³-hybridized carbons (Fsp3) is 0.614. The Morgan fingerprint density at radius 3 is 1.20 bits per heavy atom. The quantitative estimate of drug-likeness (QED) is 0.0209. The summed E-state index contributed by atoms with van der Waals surface area (Å²) in [7, 11) is 0. The third-order valence-corrected chi connectivity index (χ3v) is 14.8. The number of rotatable bonds is 45. The van der Waals surface area contributed by atoms with Gasteiger partial charge < -0.3 is 89.9 Å². The van der Waals surface area contributed by atoms with E-state index < -0.39 is 131 Å². The molecule has 0 spiro atoms. The van der Waals surface area contributed by atoms with Gasteiger partial charge in [0, 0.05) is 6.42 Å². The van der Waals surface area contributed by atoms with Crippen molar-refractivity contribution >= 4 is 5.91 Å². The first kappa shape index (κ1) is 78.7. The van der Waals surface area contributed by atoms with Crippen molar-refractivity contribution in [2.45, 2.75) is 247 Å². The lowest BCUT2D eigenvalue weighted by atomic mass is 9.96. The summed E-state index contributed by atoms with van der Waals surface area (Å²) in [5.74, 6) is -0.343. The molecule has 0 bridgehead atoms. The van der Waals surface area contributed by atoms with Gasteiger partial charge in [-0.3, -0.25) is 4.79 Å².